The van der Waals surface area contributed by atoms with Crippen molar-refractivity contribution in [3.05, 3.63) is 70.5 Å². The lowest BCUT2D eigenvalue weighted by Gasteiger charge is -2.21. The van der Waals surface area contributed by atoms with Crippen molar-refractivity contribution >= 4 is 48.5 Å². The van der Waals surface area contributed by atoms with E-state index in [2.05, 4.69) is 15.9 Å². The van der Waals surface area contributed by atoms with Gasteiger partial charge in [-0.1, -0.05) is 52.3 Å². The summed E-state index contributed by atoms with van der Waals surface area (Å²) in [5.74, 6) is -1.47. The number of carbonyl (C=O) groups is 1. The van der Waals surface area contributed by atoms with Crippen molar-refractivity contribution < 1.29 is 22.3 Å². The molecule has 0 atom stereocenters. The molecule has 1 heterocycles. The van der Waals surface area contributed by atoms with E-state index in [1.165, 1.54) is 6.07 Å². The first-order valence-electron chi connectivity index (χ1n) is 8.27. The Hall–Kier alpha value is -2.65. The molecule has 1 fully saturated rings. The first-order valence-corrected chi connectivity index (χ1v) is 10.5. The van der Waals surface area contributed by atoms with Crippen molar-refractivity contribution in [3.63, 3.8) is 0 Å². The quantitative estimate of drug-likeness (QED) is 0.640. The highest BCUT2D eigenvalue weighted by atomic mass is 79.9. The monoisotopic (exact) mass is 464 g/mol. The van der Waals surface area contributed by atoms with Crippen LogP contribution in [0.3, 0.4) is 0 Å². The fourth-order valence-corrected chi connectivity index (χ4v) is 4.56. The van der Waals surface area contributed by atoms with Gasteiger partial charge in [-0.15, -0.1) is 0 Å². The van der Waals surface area contributed by atoms with Gasteiger partial charge in [-0.3, -0.25) is 4.79 Å². The summed E-state index contributed by atoms with van der Waals surface area (Å²) in [6.45, 7) is -0.398. The van der Waals surface area contributed by atoms with Gasteiger partial charge in [0.05, 0.1) is 0 Å². The molecule has 3 aromatic rings. The Kier molecular flexibility index (Phi) is 4.72. The molecule has 0 bridgehead atoms. The molecule has 4 rings (SSSR count). The number of hydrogen-bond acceptors (Lipinski definition) is 4. The molecule has 0 saturated carbocycles. The highest BCUT2D eigenvalue weighted by molar-refractivity contribution is 9.10. The SMILES string of the molecule is O=C1CN(c2c(OCc3ccccc3)cc3cc(Br)ccc3c2F)S(=O)(=O)N1. The summed E-state index contributed by atoms with van der Waals surface area (Å²) in [7, 11) is -4.19. The zero-order chi connectivity index (χ0) is 19.9. The number of hydrogen-bond donors (Lipinski definition) is 1. The molecule has 0 spiro atoms. The molecule has 1 saturated heterocycles. The molecule has 1 aliphatic heterocycles. The molecule has 0 radical (unpaired) electrons. The largest absolute Gasteiger partial charge is 0.487 e. The van der Waals surface area contributed by atoms with Gasteiger partial charge in [-0.2, -0.15) is 8.42 Å². The third-order valence-electron chi connectivity index (χ3n) is 4.28. The van der Waals surface area contributed by atoms with Gasteiger partial charge in [0.1, 0.15) is 24.6 Å². The smallest absolute Gasteiger partial charge is 0.326 e. The molecule has 1 aliphatic rings. The lowest BCUT2D eigenvalue weighted by Crippen LogP contribution is -2.30. The second-order valence-corrected chi connectivity index (χ2v) is 8.72. The summed E-state index contributed by atoms with van der Waals surface area (Å²) >= 11 is 3.34. The number of halogens is 2. The predicted octanol–water partition coefficient (Wildman–Crippen LogP) is 3.50. The number of amides is 1. The van der Waals surface area contributed by atoms with Crippen LogP contribution >= 0.6 is 15.9 Å². The number of nitrogens with one attached hydrogen (secondary N) is 1. The minimum Gasteiger partial charge on any atom is -0.487 e. The minimum absolute atomic E-state index is 0.0343. The predicted molar refractivity (Wildman–Crippen MR) is 107 cm³/mol. The van der Waals surface area contributed by atoms with Crippen LogP contribution in [0.5, 0.6) is 5.75 Å². The van der Waals surface area contributed by atoms with Crippen LogP contribution in [0.1, 0.15) is 5.56 Å². The topological polar surface area (TPSA) is 75.7 Å². The summed E-state index contributed by atoms with van der Waals surface area (Å²) in [4.78, 5) is 11.7. The number of nitrogens with zero attached hydrogens (tertiary/aromatic N) is 1. The Morgan fingerprint density at radius 3 is 2.57 bits per heavy atom. The Morgan fingerprint density at radius 1 is 1.14 bits per heavy atom. The van der Waals surface area contributed by atoms with Crippen LogP contribution in [-0.4, -0.2) is 20.9 Å². The maximum absolute atomic E-state index is 15.4. The van der Waals surface area contributed by atoms with E-state index < -0.39 is 28.5 Å². The summed E-state index contributed by atoms with van der Waals surface area (Å²) in [5, 5.41) is 0.759. The molecule has 3 aromatic carbocycles. The third kappa shape index (κ3) is 3.43. The zero-order valence-corrected chi connectivity index (χ0v) is 16.8. The molecule has 0 aromatic heterocycles. The molecular weight excluding hydrogens is 451 g/mol. The van der Waals surface area contributed by atoms with Gasteiger partial charge < -0.3 is 4.74 Å². The first-order chi connectivity index (χ1) is 13.3. The average Bonchev–Trinajstić information content (AvgIpc) is 2.92. The van der Waals surface area contributed by atoms with Crippen molar-refractivity contribution in [3.8, 4) is 5.75 Å². The maximum atomic E-state index is 15.4. The van der Waals surface area contributed by atoms with Gasteiger partial charge in [0.15, 0.2) is 5.82 Å². The first kappa shape index (κ1) is 18.7. The van der Waals surface area contributed by atoms with Crippen molar-refractivity contribution in [1.29, 1.82) is 0 Å². The van der Waals surface area contributed by atoms with Crippen LogP contribution in [0.2, 0.25) is 0 Å². The standard InChI is InChI=1S/C19H14BrFN2O4S/c20-14-6-7-15-13(8-14)9-16(27-11-12-4-2-1-3-5-12)19(18(15)21)23-10-17(24)22-28(23,25)26/h1-9H,10-11H2,(H,22,24). The van der Waals surface area contributed by atoms with Gasteiger partial charge >= 0.3 is 10.2 Å². The average molecular weight is 465 g/mol. The number of rotatable bonds is 4. The van der Waals surface area contributed by atoms with Crippen LogP contribution < -0.4 is 13.8 Å². The molecule has 28 heavy (non-hydrogen) atoms. The Balaban J connectivity index is 1.86. The molecule has 1 N–H and O–H groups in total. The third-order valence-corrected chi connectivity index (χ3v) is 6.16. The van der Waals surface area contributed by atoms with E-state index in [1.54, 1.807) is 18.2 Å². The molecular formula is C19H14BrFN2O4S. The highest BCUT2D eigenvalue weighted by Gasteiger charge is 2.38. The molecule has 0 aliphatic carbocycles. The number of ether oxygens (including phenoxy) is 1. The van der Waals surface area contributed by atoms with Gasteiger partial charge in [0.25, 0.3) is 5.91 Å². The lowest BCUT2D eigenvalue weighted by molar-refractivity contribution is -0.117. The van der Waals surface area contributed by atoms with E-state index in [1.807, 2.05) is 35.1 Å². The lowest BCUT2D eigenvalue weighted by atomic mass is 10.1. The van der Waals surface area contributed by atoms with Crippen LogP contribution in [0.4, 0.5) is 10.1 Å². The van der Waals surface area contributed by atoms with E-state index in [0.29, 0.717) is 9.69 Å². The zero-order valence-electron chi connectivity index (χ0n) is 14.4. The number of carbonyl (C=O) groups excluding carboxylic acids is 1. The molecule has 1 amide bonds. The normalized spacial score (nSPS) is 15.6. The second-order valence-electron chi connectivity index (χ2n) is 6.21. The van der Waals surface area contributed by atoms with E-state index in [-0.39, 0.29) is 23.4 Å². The number of anilines is 1. The van der Waals surface area contributed by atoms with Crippen molar-refractivity contribution in [2.24, 2.45) is 0 Å². The van der Waals surface area contributed by atoms with Gasteiger partial charge in [-0.05, 0) is 29.1 Å². The summed E-state index contributed by atoms with van der Waals surface area (Å²) in [5.41, 5.74) is 0.547. The number of fused-ring (bicyclic) bond motifs is 1. The molecule has 6 nitrogen and oxygen atoms in total. The van der Waals surface area contributed by atoms with E-state index in [4.69, 9.17) is 4.74 Å². The number of benzene rings is 3. The van der Waals surface area contributed by atoms with Crippen molar-refractivity contribution in [2.75, 3.05) is 10.8 Å². The molecule has 144 valence electrons. The van der Waals surface area contributed by atoms with Gasteiger partial charge in [-0.25, -0.2) is 13.4 Å². The Bertz CT molecular complexity index is 1190. The molecule has 9 heteroatoms. The Morgan fingerprint density at radius 2 is 1.89 bits per heavy atom. The summed E-state index contributed by atoms with van der Waals surface area (Å²) < 4.78 is 49.1. The van der Waals surface area contributed by atoms with Crippen LogP contribution in [-0.2, 0) is 21.6 Å². The van der Waals surface area contributed by atoms with E-state index >= 15 is 4.39 Å². The Labute approximate surface area is 169 Å². The van der Waals surface area contributed by atoms with Crippen LogP contribution in [0, 0.1) is 5.82 Å². The fraction of sp³-hybridized carbons (Fsp3) is 0.105. The molecule has 0 unspecified atom stereocenters. The maximum Gasteiger partial charge on any atom is 0.326 e. The van der Waals surface area contributed by atoms with Gasteiger partial charge in [0, 0.05) is 9.86 Å². The van der Waals surface area contributed by atoms with Crippen LogP contribution in [0.25, 0.3) is 10.8 Å². The van der Waals surface area contributed by atoms with E-state index in [0.717, 1.165) is 10.0 Å². The van der Waals surface area contributed by atoms with Gasteiger partial charge in [0.2, 0.25) is 0 Å². The van der Waals surface area contributed by atoms with Crippen molar-refractivity contribution in [2.45, 2.75) is 6.61 Å². The van der Waals surface area contributed by atoms with Crippen molar-refractivity contribution in [1.82, 2.24) is 4.72 Å². The highest BCUT2D eigenvalue weighted by Crippen LogP contribution is 2.40. The van der Waals surface area contributed by atoms with E-state index in [9.17, 15) is 13.2 Å². The second kappa shape index (κ2) is 7.06. The minimum atomic E-state index is -4.19. The van der Waals surface area contributed by atoms with Crippen LogP contribution in [0.15, 0.2) is 59.1 Å². The summed E-state index contributed by atoms with van der Waals surface area (Å²) in [6, 6.07) is 15.7. The fourth-order valence-electron chi connectivity index (χ4n) is 3.02. The summed E-state index contributed by atoms with van der Waals surface area (Å²) in [6.07, 6.45) is 0.